The first kappa shape index (κ1) is 15.1. The first-order valence-electron chi connectivity index (χ1n) is 6.62. The highest BCUT2D eigenvalue weighted by Crippen LogP contribution is 2.12. The van der Waals surface area contributed by atoms with Gasteiger partial charge in [-0.05, 0) is 50.8 Å². The van der Waals surface area contributed by atoms with Gasteiger partial charge in [-0.2, -0.15) is 0 Å². The second kappa shape index (κ2) is 6.86. The van der Waals surface area contributed by atoms with E-state index in [4.69, 9.17) is 0 Å². The van der Waals surface area contributed by atoms with Gasteiger partial charge in [-0.15, -0.1) is 0 Å². The van der Waals surface area contributed by atoms with E-state index >= 15 is 0 Å². The molecule has 0 aliphatic heterocycles. The predicted molar refractivity (Wildman–Crippen MR) is 73.1 cm³/mol. The highest BCUT2D eigenvalue weighted by Gasteiger charge is 2.22. The molecule has 2 atom stereocenters. The molecule has 1 rings (SSSR count). The molecular weight excluding hydrogens is 229 g/mol. The summed E-state index contributed by atoms with van der Waals surface area (Å²) in [6.45, 7) is 6.31. The maximum atomic E-state index is 13.0. The van der Waals surface area contributed by atoms with Crippen molar-refractivity contribution in [3.05, 3.63) is 35.6 Å². The first-order chi connectivity index (χ1) is 8.49. The van der Waals surface area contributed by atoms with Gasteiger partial charge in [-0.25, -0.2) is 4.39 Å². The van der Waals surface area contributed by atoms with Crippen molar-refractivity contribution in [1.82, 2.24) is 5.32 Å². The number of rotatable bonds is 7. The van der Waals surface area contributed by atoms with Crippen LogP contribution in [0.1, 0.15) is 39.2 Å². The fourth-order valence-electron chi connectivity index (χ4n) is 2.00. The maximum absolute atomic E-state index is 13.0. The topological polar surface area (TPSA) is 32.3 Å². The van der Waals surface area contributed by atoms with Crippen LogP contribution in [0.5, 0.6) is 0 Å². The molecule has 18 heavy (non-hydrogen) atoms. The van der Waals surface area contributed by atoms with Crippen LogP contribution < -0.4 is 5.32 Å². The van der Waals surface area contributed by atoms with E-state index in [1.54, 1.807) is 12.1 Å². The number of hydrogen-bond donors (Lipinski definition) is 2. The van der Waals surface area contributed by atoms with Crippen LogP contribution in [0, 0.1) is 5.82 Å². The van der Waals surface area contributed by atoms with Crippen LogP contribution >= 0.6 is 0 Å². The lowest BCUT2D eigenvalue weighted by Gasteiger charge is -2.31. The molecule has 2 N–H and O–H groups in total. The van der Waals surface area contributed by atoms with Crippen molar-refractivity contribution in [2.75, 3.05) is 6.61 Å². The fourth-order valence-corrected chi connectivity index (χ4v) is 2.00. The summed E-state index contributed by atoms with van der Waals surface area (Å²) >= 11 is 0. The lowest BCUT2D eigenvalue weighted by atomic mass is 9.97. The summed E-state index contributed by atoms with van der Waals surface area (Å²) in [5.41, 5.74) is 0.798. The molecule has 0 saturated carbocycles. The minimum Gasteiger partial charge on any atom is -0.394 e. The molecule has 0 saturated heterocycles. The van der Waals surface area contributed by atoms with Crippen molar-refractivity contribution in [1.29, 1.82) is 0 Å². The Kier molecular flexibility index (Phi) is 5.76. The van der Waals surface area contributed by atoms with Gasteiger partial charge >= 0.3 is 0 Å². The van der Waals surface area contributed by atoms with Gasteiger partial charge in [0.1, 0.15) is 5.82 Å². The van der Waals surface area contributed by atoms with Gasteiger partial charge in [0.2, 0.25) is 0 Å². The zero-order valence-corrected chi connectivity index (χ0v) is 11.5. The SMILES string of the molecule is CCC(C)(CO)NC(C)CCc1cccc(F)c1. The molecule has 0 aliphatic carbocycles. The summed E-state index contributed by atoms with van der Waals surface area (Å²) in [5.74, 6) is -0.179. The molecule has 0 heterocycles. The number of aryl methyl sites for hydroxylation is 1. The van der Waals surface area contributed by atoms with Gasteiger partial charge < -0.3 is 10.4 Å². The van der Waals surface area contributed by atoms with Gasteiger partial charge in [0.05, 0.1) is 6.61 Å². The quantitative estimate of drug-likeness (QED) is 0.783. The van der Waals surface area contributed by atoms with Gasteiger partial charge in [0.25, 0.3) is 0 Å². The van der Waals surface area contributed by atoms with Crippen molar-refractivity contribution in [3.8, 4) is 0 Å². The molecule has 2 nitrogen and oxygen atoms in total. The number of nitrogens with one attached hydrogen (secondary N) is 1. The smallest absolute Gasteiger partial charge is 0.123 e. The summed E-state index contributed by atoms with van der Waals surface area (Å²) in [4.78, 5) is 0. The van der Waals surface area contributed by atoms with E-state index in [0.29, 0.717) is 6.04 Å². The Morgan fingerprint density at radius 2 is 2.17 bits per heavy atom. The molecule has 2 unspecified atom stereocenters. The predicted octanol–water partition coefficient (Wildman–Crippen LogP) is 2.90. The monoisotopic (exact) mass is 253 g/mol. The third-order valence-corrected chi connectivity index (χ3v) is 3.48. The normalized spacial score (nSPS) is 16.3. The standard InChI is InChI=1S/C15H24FNO/c1-4-15(3,11-18)17-12(2)8-9-13-6-5-7-14(16)10-13/h5-7,10,12,17-18H,4,8-9,11H2,1-3H3. The molecule has 0 radical (unpaired) electrons. The minimum absolute atomic E-state index is 0.133. The summed E-state index contributed by atoms with van der Waals surface area (Å²) in [7, 11) is 0. The van der Waals surface area contributed by atoms with E-state index in [1.165, 1.54) is 6.07 Å². The van der Waals surface area contributed by atoms with E-state index in [-0.39, 0.29) is 18.0 Å². The van der Waals surface area contributed by atoms with E-state index in [1.807, 2.05) is 13.0 Å². The lowest BCUT2D eigenvalue weighted by molar-refractivity contribution is 0.157. The zero-order chi connectivity index (χ0) is 13.6. The van der Waals surface area contributed by atoms with Crippen LogP contribution in [0.2, 0.25) is 0 Å². The third-order valence-electron chi connectivity index (χ3n) is 3.48. The van der Waals surface area contributed by atoms with Crippen LogP contribution in [0.15, 0.2) is 24.3 Å². The van der Waals surface area contributed by atoms with E-state index in [9.17, 15) is 9.50 Å². The highest BCUT2D eigenvalue weighted by atomic mass is 19.1. The molecule has 0 amide bonds. The number of halogens is 1. The van der Waals surface area contributed by atoms with Crippen LogP contribution in [0.25, 0.3) is 0 Å². The summed E-state index contributed by atoms with van der Waals surface area (Å²) in [5, 5.41) is 12.8. The Labute approximate surface area is 109 Å². The van der Waals surface area contributed by atoms with Gasteiger partial charge in [0, 0.05) is 11.6 Å². The van der Waals surface area contributed by atoms with Crippen LogP contribution in [-0.4, -0.2) is 23.3 Å². The minimum atomic E-state index is -0.221. The first-order valence-corrected chi connectivity index (χ1v) is 6.62. The Morgan fingerprint density at radius 1 is 1.44 bits per heavy atom. The maximum Gasteiger partial charge on any atom is 0.123 e. The fraction of sp³-hybridized carbons (Fsp3) is 0.600. The number of aliphatic hydroxyl groups excluding tert-OH is 1. The average Bonchev–Trinajstić information content (AvgIpc) is 2.36. The van der Waals surface area contributed by atoms with Gasteiger partial charge in [0.15, 0.2) is 0 Å². The molecule has 0 spiro atoms. The zero-order valence-electron chi connectivity index (χ0n) is 11.5. The van der Waals surface area contributed by atoms with E-state index in [2.05, 4.69) is 19.2 Å². The Balaban J connectivity index is 2.44. The third kappa shape index (κ3) is 4.75. The van der Waals surface area contributed by atoms with Gasteiger partial charge in [-0.1, -0.05) is 19.1 Å². The molecule has 0 aliphatic rings. The van der Waals surface area contributed by atoms with Gasteiger partial charge in [-0.3, -0.25) is 0 Å². The summed E-state index contributed by atoms with van der Waals surface area (Å²) < 4.78 is 13.0. The van der Waals surface area contributed by atoms with Crippen molar-refractivity contribution >= 4 is 0 Å². The van der Waals surface area contributed by atoms with Crippen molar-refractivity contribution in [2.45, 2.75) is 51.6 Å². The molecule has 0 fully saturated rings. The molecular formula is C15H24FNO. The number of hydrogen-bond acceptors (Lipinski definition) is 2. The van der Waals surface area contributed by atoms with Crippen molar-refractivity contribution in [3.63, 3.8) is 0 Å². The molecule has 1 aromatic carbocycles. The molecule has 102 valence electrons. The average molecular weight is 253 g/mol. The Bertz CT molecular complexity index is 363. The van der Waals surface area contributed by atoms with Crippen LogP contribution in [-0.2, 0) is 6.42 Å². The van der Waals surface area contributed by atoms with Crippen molar-refractivity contribution in [2.24, 2.45) is 0 Å². The second-order valence-corrected chi connectivity index (χ2v) is 5.29. The van der Waals surface area contributed by atoms with E-state index < -0.39 is 0 Å². The second-order valence-electron chi connectivity index (χ2n) is 5.29. The molecule has 3 heteroatoms. The summed E-state index contributed by atoms with van der Waals surface area (Å²) in [6, 6.07) is 7.03. The van der Waals surface area contributed by atoms with Crippen LogP contribution in [0.4, 0.5) is 4.39 Å². The van der Waals surface area contributed by atoms with E-state index in [0.717, 1.165) is 24.8 Å². The largest absolute Gasteiger partial charge is 0.394 e. The van der Waals surface area contributed by atoms with Crippen LogP contribution in [0.3, 0.4) is 0 Å². The number of aliphatic hydroxyl groups is 1. The van der Waals surface area contributed by atoms with Crippen molar-refractivity contribution < 1.29 is 9.50 Å². The highest BCUT2D eigenvalue weighted by molar-refractivity contribution is 5.16. The molecule has 0 aromatic heterocycles. The molecule has 1 aromatic rings. The Hall–Kier alpha value is -0.930. The summed E-state index contributed by atoms with van der Waals surface area (Å²) in [6.07, 6.45) is 2.66. The molecule has 0 bridgehead atoms. The lowest BCUT2D eigenvalue weighted by Crippen LogP contribution is -2.49. The Morgan fingerprint density at radius 3 is 2.72 bits per heavy atom. The number of benzene rings is 1.